The number of benzene rings is 2. The third-order valence-electron chi connectivity index (χ3n) is 1.89. The van der Waals surface area contributed by atoms with Gasteiger partial charge in [-0.2, -0.15) is 0 Å². The van der Waals surface area contributed by atoms with E-state index in [1.807, 2.05) is 6.07 Å². The number of hydrogen-bond acceptors (Lipinski definition) is 1. The van der Waals surface area contributed by atoms with Gasteiger partial charge in [-0.15, -0.1) is 0 Å². The van der Waals surface area contributed by atoms with Crippen LogP contribution in [0, 0.1) is 3.57 Å². The maximum Gasteiger partial charge on any atom is 0.0448 e. The molecule has 0 aliphatic heterocycles. The number of rotatable bonds is 2. The van der Waals surface area contributed by atoms with Crippen LogP contribution in [0.15, 0.2) is 62.8 Å². The minimum absolute atomic E-state index is 1.18. The Morgan fingerprint density at radius 3 is 2.40 bits per heavy atom. The third-order valence-corrected chi connectivity index (χ3v) is 5.71. The first kappa shape index (κ1) is 11.5. The van der Waals surface area contributed by atoms with Gasteiger partial charge in [0.05, 0.1) is 0 Å². The highest BCUT2D eigenvalue weighted by molar-refractivity contribution is 14.1. The van der Waals surface area contributed by atoms with Crippen molar-refractivity contribution in [2.45, 2.75) is 9.79 Å². The van der Waals surface area contributed by atoms with Gasteiger partial charge in [0.2, 0.25) is 0 Å². The summed E-state index contributed by atoms with van der Waals surface area (Å²) in [6, 6.07) is 16.7. The average molecular weight is 391 g/mol. The largest absolute Gasteiger partial charge is 0.0889 e. The quantitative estimate of drug-likeness (QED) is 0.634. The molecule has 0 nitrogen and oxygen atoms in total. The summed E-state index contributed by atoms with van der Waals surface area (Å²) in [7, 11) is 0. The first-order valence-electron chi connectivity index (χ1n) is 4.44. The van der Waals surface area contributed by atoms with Crippen LogP contribution in [0.4, 0.5) is 0 Å². The van der Waals surface area contributed by atoms with Crippen molar-refractivity contribution in [1.82, 2.24) is 0 Å². The van der Waals surface area contributed by atoms with Gasteiger partial charge >= 0.3 is 0 Å². The van der Waals surface area contributed by atoms with Crippen LogP contribution in [0.2, 0.25) is 0 Å². The molecular weight excluding hydrogens is 383 g/mol. The maximum atomic E-state index is 3.61. The normalized spacial score (nSPS) is 10.3. The fraction of sp³-hybridized carbons (Fsp3) is 0. The number of halogens is 2. The van der Waals surface area contributed by atoms with Crippen molar-refractivity contribution in [3.05, 3.63) is 56.6 Å². The summed E-state index contributed by atoms with van der Waals surface area (Å²) < 4.78 is 2.42. The van der Waals surface area contributed by atoms with Gasteiger partial charge in [-0.1, -0.05) is 36.0 Å². The fourth-order valence-corrected chi connectivity index (χ4v) is 3.26. The minimum atomic E-state index is 1.18. The Labute approximate surface area is 116 Å². The Kier molecular flexibility index (Phi) is 4.11. The van der Waals surface area contributed by atoms with Gasteiger partial charge in [-0.3, -0.25) is 0 Å². The first-order valence-corrected chi connectivity index (χ1v) is 7.13. The van der Waals surface area contributed by atoms with Crippen molar-refractivity contribution in [2.75, 3.05) is 0 Å². The van der Waals surface area contributed by atoms with Crippen molar-refractivity contribution in [2.24, 2.45) is 0 Å². The highest BCUT2D eigenvalue weighted by Gasteiger charge is 2.04. The monoisotopic (exact) mass is 390 g/mol. The highest BCUT2D eigenvalue weighted by atomic mass is 127. The van der Waals surface area contributed by atoms with Crippen LogP contribution in [-0.2, 0) is 0 Å². The lowest BCUT2D eigenvalue weighted by Gasteiger charge is -2.05. The molecule has 0 aliphatic rings. The van der Waals surface area contributed by atoms with E-state index in [-0.39, 0.29) is 0 Å². The summed E-state index contributed by atoms with van der Waals surface area (Å²) in [5.74, 6) is 0. The Bertz CT molecular complexity index is 456. The molecule has 76 valence electrons. The van der Waals surface area contributed by atoms with E-state index in [1.165, 1.54) is 17.8 Å². The van der Waals surface area contributed by atoms with Crippen LogP contribution < -0.4 is 0 Å². The summed E-state index contributed by atoms with van der Waals surface area (Å²) in [4.78, 5) is 2.52. The van der Waals surface area contributed by atoms with Crippen LogP contribution in [-0.4, -0.2) is 0 Å². The van der Waals surface area contributed by atoms with Gasteiger partial charge < -0.3 is 0 Å². The molecule has 15 heavy (non-hydrogen) atoms. The van der Waals surface area contributed by atoms with E-state index in [1.54, 1.807) is 11.8 Å². The summed E-state index contributed by atoms with van der Waals surface area (Å²) in [6.45, 7) is 0. The molecule has 0 aliphatic carbocycles. The summed E-state index contributed by atoms with van der Waals surface area (Å²) in [5, 5.41) is 0. The molecule has 3 heteroatoms. The molecule has 0 bridgehead atoms. The van der Waals surface area contributed by atoms with Gasteiger partial charge in [0.15, 0.2) is 0 Å². The molecule has 0 fully saturated rings. The zero-order valence-electron chi connectivity index (χ0n) is 7.78. The summed E-state index contributed by atoms with van der Waals surface area (Å²) in [6.07, 6.45) is 0. The minimum Gasteiger partial charge on any atom is -0.0889 e. The zero-order valence-corrected chi connectivity index (χ0v) is 12.3. The molecule has 0 radical (unpaired) electrons. The van der Waals surface area contributed by atoms with E-state index in [2.05, 4.69) is 81.0 Å². The Hall–Kier alpha value is -0.000000000000000111. The van der Waals surface area contributed by atoms with Gasteiger partial charge in [-0.25, -0.2) is 0 Å². The first-order chi connectivity index (χ1) is 7.27. The molecule has 2 aromatic rings. The van der Waals surface area contributed by atoms with Crippen molar-refractivity contribution < 1.29 is 0 Å². The molecule has 0 atom stereocenters. The van der Waals surface area contributed by atoms with E-state index in [0.29, 0.717) is 0 Å². The molecule has 0 amide bonds. The van der Waals surface area contributed by atoms with Gasteiger partial charge in [0.25, 0.3) is 0 Å². The molecule has 0 unspecified atom stereocenters. The molecule has 0 heterocycles. The van der Waals surface area contributed by atoms with Crippen molar-refractivity contribution in [3.63, 3.8) is 0 Å². The van der Waals surface area contributed by atoms with E-state index < -0.39 is 0 Å². The van der Waals surface area contributed by atoms with E-state index in [0.717, 1.165) is 0 Å². The van der Waals surface area contributed by atoms with E-state index in [4.69, 9.17) is 0 Å². The average Bonchev–Trinajstić information content (AvgIpc) is 2.26. The Morgan fingerprint density at radius 2 is 1.67 bits per heavy atom. The zero-order chi connectivity index (χ0) is 10.7. The molecule has 2 aromatic carbocycles. The molecule has 0 N–H and O–H groups in total. The molecular formula is C12H8BrIS. The summed E-state index contributed by atoms with van der Waals surface area (Å²) >= 11 is 7.72. The second kappa shape index (κ2) is 5.37. The van der Waals surface area contributed by atoms with Crippen molar-refractivity contribution in [1.29, 1.82) is 0 Å². The predicted octanol–water partition coefficient (Wildman–Crippen LogP) is 5.20. The van der Waals surface area contributed by atoms with Gasteiger partial charge in [0.1, 0.15) is 0 Å². The predicted molar refractivity (Wildman–Crippen MR) is 77.4 cm³/mol. The topological polar surface area (TPSA) is 0 Å². The van der Waals surface area contributed by atoms with Crippen molar-refractivity contribution >= 4 is 50.3 Å². The Balaban J connectivity index is 2.29. The van der Waals surface area contributed by atoms with Gasteiger partial charge in [-0.05, 0) is 62.8 Å². The van der Waals surface area contributed by atoms with Gasteiger partial charge in [0, 0.05) is 17.8 Å². The van der Waals surface area contributed by atoms with Crippen LogP contribution in [0.25, 0.3) is 0 Å². The highest BCUT2D eigenvalue weighted by Crippen LogP contribution is 2.35. The van der Waals surface area contributed by atoms with Crippen molar-refractivity contribution in [3.8, 4) is 0 Å². The fourth-order valence-electron chi connectivity index (χ4n) is 1.18. The third kappa shape index (κ3) is 2.98. The van der Waals surface area contributed by atoms with Crippen LogP contribution in [0.5, 0.6) is 0 Å². The second-order valence-corrected chi connectivity index (χ2v) is 6.04. The lowest BCUT2D eigenvalue weighted by Crippen LogP contribution is -1.79. The standard InChI is InChI=1S/C12H8BrIS/c13-12-10(14)7-4-8-11(12)15-9-5-2-1-3-6-9/h1-8H. The molecule has 2 rings (SSSR count). The van der Waals surface area contributed by atoms with Crippen LogP contribution in [0.1, 0.15) is 0 Å². The second-order valence-electron chi connectivity index (χ2n) is 2.97. The van der Waals surface area contributed by atoms with E-state index >= 15 is 0 Å². The van der Waals surface area contributed by atoms with Crippen LogP contribution >= 0.6 is 50.3 Å². The van der Waals surface area contributed by atoms with Crippen LogP contribution in [0.3, 0.4) is 0 Å². The molecule has 0 saturated heterocycles. The molecule has 0 saturated carbocycles. The lowest BCUT2D eigenvalue weighted by molar-refractivity contribution is 1.35. The Morgan fingerprint density at radius 1 is 0.933 bits per heavy atom. The maximum absolute atomic E-state index is 3.61. The summed E-state index contributed by atoms with van der Waals surface area (Å²) in [5.41, 5.74) is 0. The number of hydrogen-bond donors (Lipinski definition) is 0. The molecule has 0 aromatic heterocycles. The molecule has 0 spiro atoms. The SMILES string of the molecule is Brc1c(I)cccc1Sc1ccccc1. The van der Waals surface area contributed by atoms with E-state index in [9.17, 15) is 0 Å². The smallest absolute Gasteiger partial charge is 0.0448 e. The lowest BCUT2D eigenvalue weighted by atomic mass is 10.4.